The van der Waals surface area contributed by atoms with Crippen LogP contribution in [0.3, 0.4) is 0 Å². The third-order valence-electron chi connectivity index (χ3n) is 6.32. The van der Waals surface area contributed by atoms with Crippen LogP contribution in [0, 0.1) is 11.7 Å². The maximum Gasteiger partial charge on any atom is 0.322 e. The molecule has 2 aliphatic heterocycles. The van der Waals surface area contributed by atoms with Gasteiger partial charge in [-0.05, 0) is 37.1 Å². The Morgan fingerprint density at radius 2 is 1.82 bits per heavy atom. The van der Waals surface area contributed by atoms with Crippen LogP contribution in [0.4, 0.5) is 14.9 Å². The molecule has 2 aromatic carbocycles. The van der Waals surface area contributed by atoms with E-state index in [1.807, 2.05) is 41.3 Å². The normalized spacial score (nSPS) is 21.2. The maximum absolute atomic E-state index is 13.6. The Morgan fingerprint density at radius 1 is 1.09 bits per heavy atom. The van der Waals surface area contributed by atoms with E-state index in [1.165, 1.54) is 12.1 Å². The topological polar surface area (TPSA) is 91.0 Å². The first-order chi connectivity index (χ1) is 16.3. The fourth-order valence-corrected chi connectivity index (χ4v) is 4.44. The molecule has 2 atom stereocenters. The number of nitrogens with one attached hydrogen (secondary N) is 2. The van der Waals surface area contributed by atoms with Gasteiger partial charge in [-0.25, -0.2) is 9.18 Å². The van der Waals surface area contributed by atoms with E-state index < -0.39 is 23.4 Å². The van der Waals surface area contributed by atoms with Crippen molar-refractivity contribution >= 4 is 23.5 Å². The van der Waals surface area contributed by atoms with Crippen molar-refractivity contribution in [1.29, 1.82) is 0 Å². The van der Waals surface area contributed by atoms with Crippen molar-refractivity contribution in [3.05, 3.63) is 66.0 Å². The van der Waals surface area contributed by atoms with Gasteiger partial charge in [0.1, 0.15) is 11.4 Å². The monoisotopic (exact) mass is 468 g/mol. The third kappa shape index (κ3) is 5.53. The van der Waals surface area contributed by atoms with Gasteiger partial charge in [-0.1, -0.05) is 36.4 Å². The number of anilines is 1. The smallest absolute Gasteiger partial charge is 0.322 e. The number of nitrogens with zero attached hydrogens (tertiary/aromatic N) is 2. The highest BCUT2D eigenvalue weighted by Crippen LogP contribution is 2.25. The summed E-state index contributed by atoms with van der Waals surface area (Å²) in [5, 5.41) is 4.89. The predicted molar refractivity (Wildman–Crippen MR) is 124 cm³/mol. The zero-order valence-electron chi connectivity index (χ0n) is 19.1. The molecular weight excluding hydrogens is 439 g/mol. The lowest BCUT2D eigenvalue weighted by Crippen LogP contribution is -2.53. The Balaban J connectivity index is 1.41. The number of hydrogen-bond acceptors (Lipinski definition) is 5. The molecule has 2 heterocycles. The van der Waals surface area contributed by atoms with Crippen LogP contribution in [-0.4, -0.2) is 61.1 Å². The number of carbonyl (C=O) groups excluding carboxylic acids is 3. The Hall–Kier alpha value is -3.46. The van der Waals surface area contributed by atoms with Gasteiger partial charge in [0.15, 0.2) is 0 Å². The van der Waals surface area contributed by atoms with Gasteiger partial charge in [-0.15, -0.1) is 0 Å². The molecule has 2 aromatic rings. The second-order valence-electron chi connectivity index (χ2n) is 8.93. The van der Waals surface area contributed by atoms with Crippen LogP contribution in [-0.2, 0) is 20.9 Å². The number of carbonyl (C=O) groups is 3. The molecule has 180 valence electrons. The summed E-state index contributed by atoms with van der Waals surface area (Å²) in [4.78, 5) is 41.4. The van der Waals surface area contributed by atoms with E-state index in [1.54, 1.807) is 17.9 Å². The Bertz CT molecular complexity index is 1040. The Kier molecular flexibility index (Phi) is 7.12. The Labute approximate surface area is 198 Å². The molecule has 8 nitrogen and oxygen atoms in total. The van der Waals surface area contributed by atoms with E-state index >= 15 is 0 Å². The molecule has 0 aromatic heterocycles. The van der Waals surface area contributed by atoms with Crippen LogP contribution in [0.1, 0.15) is 18.9 Å². The quantitative estimate of drug-likeness (QED) is 0.581. The van der Waals surface area contributed by atoms with Crippen molar-refractivity contribution in [3.63, 3.8) is 0 Å². The molecule has 0 saturated carbocycles. The number of benzene rings is 2. The first kappa shape index (κ1) is 23.7. The summed E-state index contributed by atoms with van der Waals surface area (Å²) in [5.74, 6) is -1.48. The van der Waals surface area contributed by atoms with Gasteiger partial charge in [0.25, 0.3) is 5.91 Å². The minimum absolute atomic E-state index is 0.122. The van der Waals surface area contributed by atoms with Crippen LogP contribution < -0.4 is 15.5 Å². The molecule has 2 aliphatic rings. The summed E-state index contributed by atoms with van der Waals surface area (Å²) < 4.78 is 19.5. The number of ether oxygens (including phenoxy) is 1. The van der Waals surface area contributed by atoms with Gasteiger partial charge in [-0.2, -0.15) is 0 Å². The number of hydrogen-bond donors (Lipinski definition) is 2. The van der Waals surface area contributed by atoms with Gasteiger partial charge in [0.05, 0.1) is 19.1 Å². The molecule has 4 amide bonds. The molecule has 9 heteroatoms. The number of halogens is 1. The third-order valence-corrected chi connectivity index (χ3v) is 6.32. The van der Waals surface area contributed by atoms with Gasteiger partial charge < -0.3 is 19.9 Å². The zero-order valence-corrected chi connectivity index (χ0v) is 19.1. The summed E-state index contributed by atoms with van der Waals surface area (Å²) in [6, 6.07) is 15.5. The SMILES string of the molecule is CC1(CC(COCc2ccccc2)C(=O)N2CCN(c3cccc(F)c3)CC2)NC(=O)NC1=O. The molecule has 2 fully saturated rings. The number of urea groups is 1. The van der Waals surface area contributed by atoms with Crippen LogP contribution >= 0.6 is 0 Å². The maximum atomic E-state index is 13.6. The van der Waals surface area contributed by atoms with E-state index in [4.69, 9.17) is 4.74 Å². The standard InChI is InChI=1S/C25H29FN4O4/c1-25(23(32)27-24(33)28-25)15-19(17-34-16-18-6-3-2-4-7-18)22(31)30-12-10-29(11-13-30)21-9-5-8-20(26)14-21/h2-9,14,19H,10-13,15-17H2,1H3,(H2,27,28,32,33). The molecule has 4 rings (SSSR count). The summed E-state index contributed by atoms with van der Waals surface area (Å²) in [6.07, 6.45) is 0.127. The van der Waals surface area contributed by atoms with Gasteiger partial charge in [0, 0.05) is 31.9 Å². The molecule has 0 radical (unpaired) electrons. The van der Waals surface area contributed by atoms with Crippen LogP contribution in [0.15, 0.2) is 54.6 Å². The van der Waals surface area contributed by atoms with Crippen LogP contribution in [0.5, 0.6) is 0 Å². The van der Waals surface area contributed by atoms with E-state index in [-0.39, 0.29) is 24.8 Å². The Morgan fingerprint density at radius 3 is 2.47 bits per heavy atom. The molecule has 2 saturated heterocycles. The molecule has 0 spiro atoms. The number of rotatable bonds is 8. The van der Waals surface area contributed by atoms with Gasteiger partial charge in [-0.3, -0.25) is 14.9 Å². The van der Waals surface area contributed by atoms with Crippen molar-refractivity contribution in [2.24, 2.45) is 5.92 Å². The summed E-state index contributed by atoms with van der Waals surface area (Å²) >= 11 is 0. The van der Waals surface area contributed by atoms with Crippen LogP contribution in [0.25, 0.3) is 0 Å². The van der Waals surface area contributed by atoms with E-state index in [0.29, 0.717) is 32.8 Å². The lowest BCUT2D eigenvalue weighted by molar-refractivity contribution is -0.139. The van der Waals surface area contributed by atoms with Crippen molar-refractivity contribution in [2.75, 3.05) is 37.7 Å². The lowest BCUT2D eigenvalue weighted by atomic mass is 9.88. The summed E-state index contributed by atoms with van der Waals surface area (Å²) in [7, 11) is 0. The van der Waals surface area contributed by atoms with Crippen molar-refractivity contribution in [3.8, 4) is 0 Å². The van der Waals surface area contributed by atoms with E-state index in [9.17, 15) is 18.8 Å². The molecular formula is C25H29FN4O4. The zero-order chi connectivity index (χ0) is 24.1. The highest BCUT2D eigenvalue weighted by Gasteiger charge is 2.45. The largest absolute Gasteiger partial charge is 0.376 e. The van der Waals surface area contributed by atoms with Crippen molar-refractivity contribution in [2.45, 2.75) is 25.5 Å². The first-order valence-corrected chi connectivity index (χ1v) is 11.4. The number of piperazine rings is 1. The highest BCUT2D eigenvalue weighted by molar-refractivity contribution is 6.07. The fourth-order valence-electron chi connectivity index (χ4n) is 4.44. The number of amides is 4. The summed E-state index contributed by atoms with van der Waals surface area (Å²) in [6.45, 7) is 4.17. The van der Waals surface area contributed by atoms with Crippen molar-refractivity contribution in [1.82, 2.24) is 15.5 Å². The predicted octanol–water partition coefficient (Wildman–Crippen LogP) is 2.30. The lowest BCUT2D eigenvalue weighted by Gasteiger charge is -2.38. The molecule has 34 heavy (non-hydrogen) atoms. The van der Waals surface area contributed by atoms with E-state index in [0.717, 1.165) is 11.3 Å². The van der Waals surface area contributed by atoms with Crippen LogP contribution in [0.2, 0.25) is 0 Å². The molecule has 0 bridgehead atoms. The van der Waals surface area contributed by atoms with Gasteiger partial charge >= 0.3 is 6.03 Å². The minimum Gasteiger partial charge on any atom is -0.376 e. The number of imide groups is 1. The summed E-state index contributed by atoms with van der Waals surface area (Å²) in [5.41, 5.74) is 0.583. The average molecular weight is 469 g/mol. The van der Waals surface area contributed by atoms with Gasteiger partial charge in [0.2, 0.25) is 5.91 Å². The molecule has 2 N–H and O–H groups in total. The van der Waals surface area contributed by atoms with E-state index in [2.05, 4.69) is 10.6 Å². The van der Waals surface area contributed by atoms with Crippen molar-refractivity contribution < 1.29 is 23.5 Å². The highest BCUT2D eigenvalue weighted by atomic mass is 19.1. The fraction of sp³-hybridized carbons (Fsp3) is 0.400. The second kappa shape index (κ2) is 10.2. The molecule has 0 aliphatic carbocycles. The minimum atomic E-state index is -1.18. The second-order valence-corrected chi connectivity index (χ2v) is 8.93. The average Bonchev–Trinajstić information content (AvgIpc) is 3.09. The molecule has 2 unspecified atom stereocenters. The first-order valence-electron chi connectivity index (χ1n) is 11.4.